The molecule has 58 valence electrons. The van der Waals surface area contributed by atoms with Crippen LogP contribution in [0.5, 0.6) is 0 Å². The predicted molar refractivity (Wildman–Crippen MR) is 32.8 cm³/mol. The summed E-state index contributed by atoms with van der Waals surface area (Å²) in [5.41, 5.74) is -1.07. The highest BCUT2D eigenvalue weighted by molar-refractivity contribution is 5.78. The molecule has 1 atom stereocenters. The summed E-state index contributed by atoms with van der Waals surface area (Å²) < 4.78 is 9.74. The third-order valence-electron chi connectivity index (χ3n) is 1.77. The lowest BCUT2D eigenvalue weighted by Gasteiger charge is -2.19. The number of carboxylic acids is 1. The SMILES string of the molecule is CO[C@]1(C(=O)O)CCOC1. The second-order valence-electron chi connectivity index (χ2n) is 2.31. The number of methoxy groups -OCH3 is 1. The van der Waals surface area contributed by atoms with Crippen LogP contribution in [-0.2, 0) is 14.3 Å². The molecule has 1 aliphatic heterocycles. The second-order valence-corrected chi connectivity index (χ2v) is 2.31. The summed E-state index contributed by atoms with van der Waals surface area (Å²) >= 11 is 0. The van der Waals surface area contributed by atoms with Gasteiger partial charge in [0.25, 0.3) is 0 Å². The Morgan fingerprint density at radius 1 is 1.80 bits per heavy atom. The maximum atomic E-state index is 10.5. The average Bonchev–Trinajstić information content (AvgIpc) is 2.35. The summed E-state index contributed by atoms with van der Waals surface area (Å²) in [6.07, 6.45) is 0.443. The first kappa shape index (κ1) is 7.50. The third kappa shape index (κ3) is 0.998. The molecule has 0 unspecified atom stereocenters. The van der Waals surface area contributed by atoms with E-state index in [0.717, 1.165) is 0 Å². The van der Waals surface area contributed by atoms with Crippen LogP contribution < -0.4 is 0 Å². The summed E-state index contributed by atoms with van der Waals surface area (Å²) in [7, 11) is 1.39. The summed E-state index contributed by atoms with van der Waals surface area (Å²) in [5, 5.41) is 8.66. The first-order valence-corrected chi connectivity index (χ1v) is 3.07. The van der Waals surface area contributed by atoms with Gasteiger partial charge in [-0.05, 0) is 0 Å². The van der Waals surface area contributed by atoms with Crippen LogP contribution in [0.3, 0.4) is 0 Å². The molecule has 0 saturated carbocycles. The minimum atomic E-state index is -1.07. The molecule has 4 nitrogen and oxygen atoms in total. The van der Waals surface area contributed by atoms with E-state index in [1.54, 1.807) is 0 Å². The molecule has 1 fully saturated rings. The third-order valence-corrected chi connectivity index (χ3v) is 1.77. The topological polar surface area (TPSA) is 55.8 Å². The summed E-state index contributed by atoms with van der Waals surface area (Å²) in [4.78, 5) is 10.5. The van der Waals surface area contributed by atoms with E-state index in [2.05, 4.69) is 0 Å². The molecular formula is C6H10O4. The molecule has 4 heteroatoms. The summed E-state index contributed by atoms with van der Waals surface area (Å²) in [6.45, 7) is 0.638. The van der Waals surface area contributed by atoms with Crippen molar-refractivity contribution in [3.05, 3.63) is 0 Å². The van der Waals surface area contributed by atoms with Crippen LogP contribution in [0.1, 0.15) is 6.42 Å². The second kappa shape index (κ2) is 2.56. The Hall–Kier alpha value is -0.610. The molecule has 0 aromatic carbocycles. The largest absolute Gasteiger partial charge is 0.479 e. The van der Waals surface area contributed by atoms with Crippen molar-refractivity contribution in [3.63, 3.8) is 0 Å². The van der Waals surface area contributed by atoms with E-state index in [-0.39, 0.29) is 6.61 Å². The molecule has 1 rings (SSSR count). The first-order valence-electron chi connectivity index (χ1n) is 3.07. The number of ether oxygens (including phenoxy) is 2. The summed E-state index contributed by atoms with van der Waals surface area (Å²) in [5.74, 6) is -0.938. The number of carboxylic acid groups (broad SMARTS) is 1. The first-order chi connectivity index (χ1) is 4.71. The molecule has 10 heavy (non-hydrogen) atoms. The van der Waals surface area contributed by atoms with Crippen molar-refractivity contribution < 1.29 is 19.4 Å². The van der Waals surface area contributed by atoms with Crippen molar-refractivity contribution in [2.75, 3.05) is 20.3 Å². The lowest BCUT2D eigenvalue weighted by atomic mass is 10.0. The highest BCUT2D eigenvalue weighted by atomic mass is 16.6. The van der Waals surface area contributed by atoms with Crippen molar-refractivity contribution >= 4 is 5.97 Å². The van der Waals surface area contributed by atoms with Gasteiger partial charge in [-0.3, -0.25) is 0 Å². The molecule has 1 aliphatic rings. The fourth-order valence-electron chi connectivity index (χ4n) is 0.963. The number of rotatable bonds is 2. The smallest absolute Gasteiger partial charge is 0.338 e. The predicted octanol–water partition coefficient (Wildman–Crippen LogP) is -0.124. The van der Waals surface area contributed by atoms with Gasteiger partial charge in [0.2, 0.25) is 0 Å². The van der Waals surface area contributed by atoms with Gasteiger partial charge in [-0.25, -0.2) is 4.79 Å². The van der Waals surface area contributed by atoms with Crippen molar-refractivity contribution in [1.29, 1.82) is 0 Å². The van der Waals surface area contributed by atoms with Crippen LogP contribution in [0.4, 0.5) is 0 Å². The Kier molecular flexibility index (Phi) is 1.92. The lowest BCUT2D eigenvalue weighted by molar-refractivity contribution is -0.161. The zero-order valence-corrected chi connectivity index (χ0v) is 5.79. The number of hydrogen-bond acceptors (Lipinski definition) is 3. The molecule has 0 amide bonds. The Bertz CT molecular complexity index is 137. The molecule has 0 aromatic rings. The van der Waals surface area contributed by atoms with Crippen LogP contribution in [0.25, 0.3) is 0 Å². The molecular weight excluding hydrogens is 136 g/mol. The van der Waals surface area contributed by atoms with E-state index in [1.807, 2.05) is 0 Å². The van der Waals surface area contributed by atoms with E-state index in [0.29, 0.717) is 13.0 Å². The Balaban J connectivity index is 2.67. The summed E-state index contributed by atoms with van der Waals surface area (Å²) in [6, 6.07) is 0. The van der Waals surface area contributed by atoms with E-state index in [1.165, 1.54) is 7.11 Å². The van der Waals surface area contributed by atoms with Gasteiger partial charge in [0.15, 0.2) is 5.60 Å². The standard InChI is InChI=1S/C6H10O4/c1-9-6(5(7)8)2-3-10-4-6/h2-4H2,1H3,(H,7,8)/t6-/m1/s1. The Morgan fingerprint density at radius 3 is 2.70 bits per heavy atom. The highest BCUT2D eigenvalue weighted by Crippen LogP contribution is 2.22. The van der Waals surface area contributed by atoms with Gasteiger partial charge in [-0.1, -0.05) is 0 Å². The van der Waals surface area contributed by atoms with Gasteiger partial charge >= 0.3 is 5.97 Å². The minimum absolute atomic E-state index is 0.166. The van der Waals surface area contributed by atoms with Crippen LogP contribution in [0.15, 0.2) is 0 Å². The van der Waals surface area contributed by atoms with E-state index < -0.39 is 11.6 Å². The fourth-order valence-corrected chi connectivity index (χ4v) is 0.963. The van der Waals surface area contributed by atoms with Crippen LogP contribution in [-0.4, -0.2) is 37.0 Å². The van der Waals surface area contributed by atoms with Gasteiger partial charge in [0, 0.05) is 13.5 Å². The number of aliphatic carboxylic acids is 1. The van der Waals surface area contributed by atoms with Gasteiger partial charge in [0.05, 0.1) is 13.2 Å². The quantitative estimate of drug-likeness (QED) is 0.590. The molecule has 1 saturated heterocycles. The van der Waals surface area contributed by atoms with Crippen LogP contribution in [0.2, 0.25) is 0 Å². The molecule has 1 N–H and O–H groups in total. The van der Waals surface area contributed by atoms with Gasteiger partial charge in [-0.15, -0.1) is 0 Å². The maximum absolute atomic E-state index is 10.5. The monoisotopic (exact) mass is 146 g/mol. The Labute approximate surface area is 58.7 Å². The Morgan fingerprint density at radius 2 is 2.50 bits per heavy atom. The average molecular weight is 146 g/mol. The highest BCUT2D eigenvalue weighted by Gasteiger charge is 2.42. The van der Waals surface area contributed by atoms with Gasteiger partial charge in [0.1, 0.15) is 0 Å². The molecule has 0 radical (unpaired) electrons. The normalized spacial score (nSPS) is 32.5. The van der Waals surface area contributed by atoms with Crippen LogP contribution in [0, 0.1) is 0 Å². The molecule has 0 bridgehead atoms. The van der Waals surface area contributed by atoms with Crippen molar-refractivity contribution in [3.8, 4) is 0 Å². The van der Waals surface area contributed by atoms with E-state index in [4.69, 9.17) is 14.6 Å². The van der Waals surface area contributed by atoms with E-state index >= 15 is 0 Å². The van der Waals surface area contributed by atoms with Crippen molar-refractivity contribution in [1.82, 2.24) is 0 Å². The van der Waals surface area contributed by atoms with Crippen molar-refractivity contribution in [2.45, 2.75) is 12.0 Å². The molecule has 0 spiro atoms. The molecule has 0 aliphatic carbocycles. The zero-order valence-electron chi connectivity index (χ0n) is 5.79. The molecule has 0 aromatic heterocycles. The van der Waals surface area contributed by atoms with Gasteiger partial charge in [-0.2, -0.15) is 0 Å². The van der Waals surface area contributed by atoms with Crippen LogP contribution >= 0.6 is 0 Å². The minimum Gasteiger partial charge on any atom is -0.479 e. The van der Waals surface area contributed by atoms with E-state index in [9.17, 15) is 4.79 Å². The zero-order chi connectivity index (χ0) is 7.61. The maximum Gasteiger partial charge on any atom is 0.338 e. The molecule has 1 heterocycles. The number of carbonyl (C=O) groups is 1. The lowest BCUT2D eigenvalue weighted by Crippen LogP contribution is -2.41. The number of hydrogen-bond donors (Lipinski definition) is 1. The fraction of sp³-hybridized carbons (Fsp3) is 0.833. The van der Waals surface area contributed by atoms with Gasteiger partial charge < -0.3 is 14.6 Å². The van der Waals surface area contributed by atoms with Crippen molar-refractivity contribution in [2.24, 2.45) is 0 Å².